The van der Waals surface area contributed by atoms with Gasteiger partial charge in [0.25, 0.3) is 0 Å². The van der Waals surface area contributed by atoms with E-state index in [1.807, 2.05) is 11.3 Å². The average Bonchev–Trinajstić information content (AvgIpc) is 3.72. The first-order chi connectivity index (χ1) is 27.0. The minimum Gasteiger partial charge on any atom is -0.310 e. The second kappa shape index (κ2) is 12.3. The number of fused-ring (bicyclic) bond motifs is 8. The second-order valence-corrected chi connectivity index (χ2v) is 16.4. The Labute approximate surface area is 325 Å². The van der Waals surface area contributed by atoms with Gasteiger partial charge in [-0.25, -0.2) is 0 Å². The first-order valence-corrected chi connectivity index (χ1v) is 19.9. The van der Waals surface area contributed by atoms with Gasteiger partial charge in [-0.1, -0.05) is 153 Å². The molecule has 0 unspecified atom stereocenters. The monoisotopic (exact) mass is 719 g/mol. The molecule has 0 fully saturated rings. The molecule has 55 heavy (non-hydrogen) atoms. The van der Waals surface area contributed by atoms with Crippen molar-refractivity contribution in [3.8, 4) is 33.4 Å². The molecule has 0 aliphatic heterocycles. The second-order valence-electron chi connectivity index (χ2n) is 15.3. The van der Waals surface area contributed by atoms with Crippen molar-refractivity contribution in [3.05, 3.63) is 199 Å². The van der Waals surface area contributed by atoms with Crippen LogP contribution in [0.5, 0.6) is 0 Å². The fourth-order valence-electron chi connectivity index (χ4n) is 9.18. The number of hydrogen-bond acceptors (Lipinski definition) is 2. The molecule has 1 heterocycles. The minimum absolute atomic E-state index is 0.132. The van der Waals surface area contributed by atoms with Gasteiger partial charge in [-0.05, 0) is 109 Å². The Morgan fingerprint density at radius 2 is 1.11 bits per heavy atom. The lowest BCUT2D eigenvalue weighted by atomic mass is 9.82. The number of nitrogens with zero attached hydrogens (tertiary/aromatic N) is 1. The zero-order valence-corrected chi connectivity index (χ0v) is 31.6. The molecular weight excluding hydrogens is 683 g/mol. The standard InChI is InChI=1S/C53H37NS/c1-53(2)46-23-9-7-20-43(46)44-28-27-40(33-47(44)53)54(39-18-11-17-37(32-39)42-22-12-16-35-14-5-6-19-41(35)42)48-29-30-50-52(45-21-8-10-24-49(45)55-50)51(48)38-26-25-34-13-3-4-15-36(34)31-38/h3-33H,1-2H3. The first-order valence-electron chi connectivity index (χ1n) is 19.1. The van der Waals surface area contributed by atoms with Gasteiger partial charge < -0.3 is 4.90 Å². The van der Waals surface area contributed by atoms with Crippen molar-refractivity contribution < 1.29 is 0 Å². The molecule has 0 N–H and O–H groups in total. The van der Waals surface area contributed by atoms with Gasteiger partial charge in [-0.2, -0.15) is 0 Å². The summed E-state index contributed by atoms with van der Waals surface area (Å²) in [5.41, 5.74) is 13.6. The third kappa shape index (κ3) is 4.99. The molecule has 10 aromatic rings. The van der Waals surface area contributed by atoms with Crippen molar-refractivity contribution in [1.82, 2.24) is 0 Å². The van der Waals surface area contributed by atoms with Crippen LogP contribution in [-0.4, -0.2) is 0 Å². The van der Waals surface area contributed by atoms with Crippen molar-refractivity contribution in [2.24, 2.45) is 0 Å². The van der Waals surface area contributed by atoms with Gasteiger partial charge >= 0.3 is 0 Å². The van der Waals surface area contributed by atoms with Crippen LogP contribution in [0.15, 0.2) is 188 Å². The molecule has 260 valence electrons. The molecule has 2 heteroatoms. The van der Waals surface area contributed by atoms with Crippen LogP contribution in [0.25, 0.3) is 75.1 Å². The fraction of sp³-hybridized carbons (Fsp3) is 0.0566. The van der Waals surface area contributed by atoms with Gasteiger partial charge in [0.2, 0.25) is 0 Å². The van der Waals surface area contributed by atoms with Gasteiger partial charge in [0.1, 0.15) is 0 Å². The van der Waals surface area contributed by atoms with Crippen molar-refractivity contribution >= 4 is 70.1 Å². The van der Waals surface area contributed by atoms with Crippen LogP contribution >= 0.6 is 11.3 Å². The molecule has 0 saturated carbocycles. The molecule has 0 amide bonds. The van der Waals surface area contributed by atoms with Gasteiger partial charge in [0.05, 0.1) is 5.69 Å². The summed E-state index contributed by atoms with van der Waals surface area (Å²) in [5, 5.41) is 7.59. The molecule has 1 aliphatic carbocycles. The van der Waals surface area contributed by atoms with E-state index in [0.29, 0.717) is 0 Å². The van der Waals surface area contributed by atoms with E-state index in [1.54, 1.807) is 0 Å². The van der Waals surface area contributed by atoms with E-state index in [2.05, 4.69) is 207 Å². The minimum atomic E-state index is -0.132. The van der Waals surface area contributed by atoms with Crippen molar-refractivity contribution in [2.45, 2.75) is 19.3 Å². The number of thiophene rings is 1. The molecule has 1 nitrogen and oxygen atoms in total. The van der Waals surface area contributed by atoms with Crippen LogP contribution in [0.4, 0.5) is 17.1 Å². The SMILES string of the molecule is CC1(C)c2ccccc2-c2ccc(N(c3cccc(-c4cccc5ccccc45)c3)c3ccc4sc5ccccc5c4c3-c3ccc4ccccc4c3)cc21. The largest absolute Gasteiger partial charge is 0.310 e. The molecule has 0 saturated heterocycles. The van der Waals surface area contributed by atoms with Crippen molar-refractivity contribution in [2.75, 3.05) is 4.90 Å². The highest BCUT2D eigenvalue weighted by atomic mass is 32.1. The Hall–Kier alpha value is -6.48. The first kappa shape index (κ1) is 32.0. The van der Waals surface area contributed by atoms with Crippen LogP contribution in [-0.2, 0) is 5.41 Å². The zero-order valence-electron chi connectivity index (χ0n) is 30.8. The number of anilines is 3. The summed E-state index contributed by atoms with van der Waals surface area (Å²) in [5.74, 6) is 0. The van der Waals surface area contributed by atoms with Crippen molar-refractivity contribution in [3.63, 3.8) is 0 Å². The molecule has 0 radical (unpaired) electrons. The smallest absolute Gasteiger partial charge is 0.0547 e. The summed E-state index contributed by atoms with van der Waals surface area (Å²) in [6.45, 7) is 4.74. The summed E-state index contributed by atoms with van der Waals surface area (Å²) in [6, 6.07) is 69.8. The number of hydrogen-bond donors (Lipinski definition) is 0. The third-order valence-electron chi connectivity index (χ3n) is 11.8. The van der Waals surface area contributed by atoms with Crippen LogP contribution < -0.4 is 4.90 Å². The van der Waals surface area contributed by atoms with Crippen LogP contribution in [0.2, 0.25) is 0 Å². The summed E-state index contributed by atoms with van der Waals surface area (Å²) in [4.78, 5) is 2.52. The van der Waals surface area contributed by atoms with E-state index in [-0.39, 0.29) is 5.41 Å². The van der Waals surface area contributed by atoms with Crippen molar-refractivity contribution in [1.29, 1.82) is 0 Å². The Bertz CT molecular complexity index is 3140. The lowest BCUT2D eigenvalue weighted by Gasteiger charge is -2.30. The maximum atomic E-state index is 2.52. The lowest BCUT2D eigenvalue weighted by molar-refractivity contribution is 0.660. The maximum Gasteiger partial charge on any atom is 0.0547 e. The lowest BCUT2D eigenvalue weighted by Crippen LogP contribution is -2.17. The topological polar surface area (TPSA) is 3.24 Å². The van der Waals surface area contributed by atoms with E-state index in [9.17, 15) is 0 Å². The van der Waals surface area contributed by atoms with Gasteiger partial charge in [-0.15, -0.1) is 11.3 Å². The zero-order chi connectivity index (χ0) is 36.7. The molecule has 0 spiro atoms. The van der Waals surface area contributed by atoms with E-state index in [0.717, 1.165) is 17.1 Å². The Kier molecular flexibility index (Phi) is 7.14. The molecule has 11 rings (SSSR count). The summed E-state index contributed by atoms with van der Waals surface area (Å²) in [6.07, 6.45) is 0. The molecular formula is C53H37NS. The van der Waals surface area contributed by atoms with E-state index in [1.165, 1.54) is 86.2 Å². The highest BCUT2D eigenvalue weighted by molar-refractivity contribution is 7.26. The highest BCUT2D eigenvalue weighted by Gasteiger charge is 2.36. The molecule has 1 aliphatic rings. The Balaban J connectivity index is 1.22. The van der Waals surface area contributed by atoms with Crippen LogP contribution in [0.1, 0.15) is 25.0 Å². The van der Waals surface area contributed by atoms with E-state index in [4.69, 9.17) is 0 Å². The third-order valence-corrected chi connectivity index (χ3v) is 13.0. The normalized spacial score (nSPS) is 13.1. The van der Waals surface area contributed by atoms with Crippen LogP contribution in [0.3, 0.4) is 0 Å². The summed E-state index contributed by atoms with van der Waals surface area (Å²) >= 11 is 1.88. The Morgan fingerprint density at radius 3 is 2.02 bits per heavy atom. The van der Waals surface area contributed by atoms with Gasteiger partial charge in [0, 0.05) is 42.5 Å². The van der Waals surface area contributed by atoms with Gasteiger partial charge in [-0.3, -0.25) is 0 Å². The summed E-state index contributed by atoms with van der Waals surface area (Å²) in [7, 11) is 0. The maximum absolute atomic E-state index is 2.52. The fourth-order valence-corrected chi connectivity index (χ4v) is 10.3. The average molecular weight is 720 g/mol. The number of benzene rings is 9. The van der Waals surface area contributed by atoms with E-state index < -0.39 is 0 Å². The summed E-state index contributed by atoms with van der Waals surface area (Å²) < 4.78 is 2.60. The van der Waals surface area contributed by atoms with Crippen LogP contribution in [0, 0.1) is 0 Å². The van der Waals surface area contributed by atoms with E-state index >= 15 is 0 Å². The predicted octanol–water partition coefficient (Wildman–Crippen LogP) is 15.5. The quantitative estimate of drug-likeness (QED) is 0.171. The molecule has 0 atom stereocenters. The highest BCUT2D eigenvalue weighted by Crippen LogP contribution is 2.53. The molecule has 9 aromatic carbocycles. The molecule has 1 aromatic heterocycles. The molecule has 0 bridgehead atoms. The number of rotatable bonds is 5. The predicted molar refractivity (Wildman–Crippen MR) is 237 cm³/mol. The Morgan fingerprint density at radius 1 is 0.418 bits per heavy atom. The van der Waals surface area contributed by atoms with Gasteiger partial charge in [0.15, 0.2) is 0 Å².